The quantitative estimate of drug-likeness (QED) is 0.236. The fraction of sp³-hybridized carbons (Fsp3) is 0.289. The van der Waals surface area contributed by atoms with Gasteiger partial charge in [-0.25, -0.2) is 17.4 Å². The molecule has 50 heavy (non-hydrogen) atoms. The highest BCUT2D eigenvalue weighted by molar-refractivity contribution is 7.89. The molecule has 2 fully saturated rings. The number of fused-ring (bicyclic) bond motifs is 1. The Morgan fingerprint density at radius 3 is 2.34 bits per heavy atom. The first kappa shape index (κ1) is 33.4. The second kappa shape index (κ2) is 13.7. The fourth-order valence-corrected chi connectivity index (χ4v) is 8.35. The number of pyridine rings is 1. The molecule has 0 spiro atoms. The number of piperazine rings is 1. The lowest BCUT2D eigenvalue weighted by atomic mass is 9.97. The van der Waals surface area contributed by atoms with E-state index in [9.17, 15) is 28.7 Å². The molecule has 0 bridgehead atoms. The van der Waals surface area contributed by atoms with Crippen molar-refractivity contribution in [3.05, 3.63) is 107 Å². The molecule has 12 heteroatoms. The number of hydrogen-bond donors (Lipinski definition) is 2. The van der Waals surface area contributed by atoms with Crippen molar-refractivity contribution in [1.29, 1.82) is 5.26 Å². The van der Waals surface area contributed by atoms with E-state index in [0.717, 1.165) is 48.6 Å². The van der Waals surface area contributed by atoms with Crippen LogP contribution in [0.15, 0.2) is 85.2 Å². The molecular formula is C38H38N6O5S. The minimum absolute atomic E-state index is 0.120. The number of aliphatic hydroxyl groups excluding tert-OH is 2. The van der Waals surface area contributed by atoms with E-state index in [1.807, 2.05) is 31.2 Å². The molecule has 2 N–H and O–H groups in total. The summed E-state index contributed by atoms with van der Waals surface area (Å²) in [6, 6.07) is 24.2. The van der Waals surface area contributed by atoms with Gasteiger partial charge in [0.15, 0.2) is 5.65 Å². The molecule has 7 rings (SSSR count). The molecule has 11 nitrogen and oxygen atoms in total. The van der Waals surface area contributed by atoms with Crippen LogP contribution in [-0.2, 0) is 15.8 Å². The minimum Gasteiger partial charge on any atom is -0.395 e. The van der Waals surface area contributed by atoms with E-state index in [1.54, 1.807) is 65.8 Å². The van der Waals surface area contributed by atoms with Crippen LogP contribution in [0.1, 0.15) is 27.0 Å². The van der Waals surface area contributed by atoms with Gasteiger partial charge in [-0.1, -0.05) is 42.5 Å². The Kier molecular flexibility index (Phi) is 9.15. The number of likely N-dealkylation sites (tertiary alicyclic amines) is 1. The molecule has 1 amide bonds. The lowest BCUT2D eigenvalue weighted by Gasteiger charge is -2.37. The largest absolute Gasteiger partial charge is 0.395 e. The zero-order valence-corrected chi connectivity index (χ0v) is 28.6. The average Bonchev–Trinajstić information content (AvgIpc) is 3.51. The predicted octanol–water partition coefficient (Wildman–Crippen LogP) is 3.86. The van der Waals surface area contributed by atoms with Crippen LogP contribution in [0.4, 0.5) is 5.69 Å². The van der Waals surface area contributed by atoms with Crippen molar-refractivity contribution in [2.24, 2.45) is 0 Å². The van der Waals surface area contributed by atoms with E-state index in [4.69, 9.17) is 4.98 Å². The lowest BCUT2D eigenvalue weighted by molar-refractivity contribution is 0.00589. The van der Waals surface area contributed by atoms with Crippen LogP contribution in [0, 0.1) is 18.3 Å². The Hall–Kier alpha value is -5.06. The summed E-state index contributed by atoms with van der Waals surface area (Å²) in [6.07, 6.45) is 2.74. The number of benzene rings is 3. The number of nitrogens with zero attached hydrogens (tertiary/aromatic N) is 6. The highest BCUT2D eigenvalue weighted by Crippen LogP contribution is 2.37. The Labute approximate surface area is 291 Å². The first-order valence-corrected chi connectivity index (χ1v) is 18.3. The highest BCUT2D eigenvalue weighted by Gasteiger charge is 2.30. The van der Waals surface area contributed by atoms with E-state index in [-0.39, 0.29) is 23.9 Å². The summed E-state index contributed by atoms with van der Waals surface area (Å²) in [5, 5.41) is 29.8. The first-order chi connectivity index (χ1) is 24.1. The van der Waals surface area contributed by atoms with Gasteiger partial charge in [0.1, 0.15) is 6.07 Å². The topological polar surface area (TPSA) is 143 Å². The molecule has 2 aliphatic rings. The van der Waals surface area contributed by atoms with E-state index in [1.165, 1.54) is 3.97 Å². The fourth-order valence-electron chi connectivity index (χ4n) is 6.92. The normalized spacial score (nSPS) is 15.6. The molecule has 0 radical (unpaired) electrons. The van der Waals surface area contributed by atoms with Gasteiger partial charge in [0.05, 0.1) is 29.7 Å². The van der Waals surface area contributed by atoms with Gasteiger partial charge in [0, 0.05) is 80.3 Å². The summed E-state index contributed by atoms with van der Waals surface area (Å²) in [6.45, 7) is 6.46. The van der Waals surface area contributed by atoms with Crippen molar-refractivity contribution in [3.8, 4) is 28.3 Å². The molecule has 2 aromatic heterocycles. The third-order valence-corrected chi connectivity index (χ3v) is 11.1. The van der Waals surface area contributed by atoms with Crippen molar-refractivity contribution < 1.29 is 23.4 Å². The smallest absolute Gasteiger partial charge is 0.254 e. The Balaban J connectivity index is 1.28. The number of aromatic nitrogens is 2. The van der Waals surface area contributed by atoms with Gasteiger partial charge >= 0.3 is 0 Å². The van der Waals surface area contributed by atoms with Gasteiger partial charge in [-0.3, -0.25) is 9.69 Å². The summed E-state index contributed by atoms with van der Waals surface area (Å²) in [7, 11) is -3.88. The summed E-state index contributed by atoms with van der Waals surface area (Å²) in [5.74, 6) is -0.381. The molecule has 2 aliphatic heterocycles. The Morgan fingerprint density at radius 2 is 1.68 bits per heavy atom. The molecule has 0 atom stereocenters. The number of nitriles is 1. The number of hydrogen-bond acceptors (Lipinski definition) is 9. The number of aryl methyl sites for hydroxylation is 1. The van der Waals surface area contributed by atoms with Gasteiger partial charge in [-0.05, 0) is 59.5 Å². The molecule has 2 saturated heterocycles. The van der Waals surface area contributed by atoms with Crippen LogP contribution in [0.5, 0.6) is 0 Å². The molecule has 0 saturated carbocycles. The third-order valence-electron chi connectivity index (χ3n) is 9.55. The Morgan fingerprint density at radius 1 is 0.960 bits per heavy atom. The number of carbonyl (C=O) groups is 1. The predicted molar refractivity (Wildman–Crippen MR) is 192 cm³/mol. The van der Waals surface area contributed by atoms with E-state index >= 15 is 0 Å². The van der Waals surface area contributed by atoms with E-state index < -0.39 is 16.1 Å². The maximum absolute atomic E-state index is 13.9. The van der Waals surface area contributed by atoms with Crippen LogP contribution in [0.25, 0.3) is 33.3 Å². The summed E-state index contributed by atoms with van der Waals surface area (Å²) >= 11 is 0. The first-order valence-electron chi connectivity index (χ1n) is 16.6. The molecule has 256 valence electrons. The summed E-state index contributed by atoms with van der Waals surface area (Å²) in [5.41, 5.74) is 6.70. The second-order valence-corrected chi connectivity index (χ2v) is 14.8. The van der Waals surface area contributed by atoms with Crippen molar-refractivity contribution in [1.82, 2.24) is 18.8 Å². The highest BCUT2D eigenvalue weighted by atomic mass is 32.2. The molecule has 4 heterocycles. The number of aliphatic hydroxyl groups is 2. The zero-order chi connectivity index (χ0) is 35.0. The molecule has 0 unspecified atom stereocenters. The van der Waals surface area contributed by atoms with Crippen LogP contribution >= 0.6 is 0 Å². The molecule has 0 aliphatic carbocycles. The van der Waals surface area contributed by atoms with Gasteiger partial charge in [0.25, 0.3) is 5.91 Å². The van der Waals surface area contributed by atoms with Crippen LogP contribution < -0.4 is 4.90 Å². The minimum atomic E-state index is -3.88. The monoisotopic (exact) mass is 690 g/mol. The zero-order valence-electron chi connectivity index (χ0n) is 27.7. The molecular weight excluding hydrogens is 653 g/mol. The number of carbonyl (C=O) groups excluding carboxylic acids is 1. The summed E-state index contributed by atoms with van der Waals surface area (Å²) in [4.78, 5) is 23.6. The van der Waals surface area contributed by atoms with E-state index in [2.05, 4.69) is 15.9 Å². The van der Waals surface area contributed by atoms with Crippen molar-refractivity contribution >= 4 is 32.7 Å². The number of rotatable bonds is 9. The maximum atomic E-state index is 13.9. The van der Waals surface area contributed by atoms with Crippen LogP contribution in [-0.4, -0.2) is 102 Å². The second-order valence-electron chi connectivity index (χ2n) is 13.0. The van der Waals surface area contributed by atoms with Crippen molar-refractivity contribution in [2.75, 3.05) is 57.3 Å². The van der Waals surface area contributed by atoms with Gasteiger partial charge in [-0.15, -0.1) is 0 Å². The number of amides is 1. The van der Waals surface area contributed by atoms with Crippen LogP contribution in [0.3, 0.4) is 0 Å². The Bertz CT molecular complexity index is 2200. The number of β-amino-alcohol motifs (C(OH)–C–C–N with tert-alkyl or cyclic N) is 2. The van der Waals surface area contributed by atoms with E-state index in [0.29, 0.717) is 52.8 Å². The standard InChI is InChI=1S/C38H38N6O5S/c1-26-17-30(18-31(20-39)36(26)42-13-11-41(12-14-42)15-16-45)32-19-34-35(28-7-9-29(10-8-28)38(47)43-22-33(46)23-43)24-44(37(34)40-21-32)50(48,49)25-27-5-3-2-4-6-27/h2-10,17-19,21,24,33,45-46H,11-16,22-23,25H2,1H3. The maximum Gasteiger partial charge on any atom is 0.254 e. The van der Waals surface area contributed by atoms with Gasteiger partial charge in [-0.2, -0.15) is 5.26 Å². The van der Waals surface area contributed by atoms with Gasteiger partial charge in [0.2, 0.25) is 10.0 Å². The van der Waals surface area contributed by atoms with Crippen molar-refractivity contribution in [3.63, 3.8) is 0 Å². The van der Waals surface area contributed by atoms with Gasteiger partial charge < -0.3 is 20.0 Å². The molecule has 3 aromatic carbocycles. The number of anilines is 1. The van der Waals surface area contributed by atoms with Crippen LogP contribution in [0.2, 0.25) is 0 Å². The third kappa shape index (κ3) is 6.48. The van der Waals surface area contributed by atoms with Crippen molar-refractivity contribution in [2.45, 2.75) is 18.8 Å². The average molecular weight is 691 g/mol. The molecule has 5 aromatic rings. The SMILES string of the molecule is Cc1cc(-c2cnc3c(c2)c(-c2ccc(C(=O)N4CC(O)C4)cc2)cn3S(=O)(=O)Cc2ccccc2)cc(C#N)c1N1CCN(CCO)CC1. The summed E-state index contributed by atoms with van der Waals surface area (Å²) < 4.78 is 29.0. The lowest BCUT2D eigenvalue weighted by Crippen LogP contribution is -2.53.